The lowest BCUT2D eigenvalue weighted by atomic mass is 9.88. The van der Waals surface area contributed by atoms with Gasteiger partial charge in [-0.05, 0) is 61.8 Å². The predicted octanol–water partition coefficient (Wildman–Crippen LogP) is 4.87. The topological polar surface area (TPSA) is 46.6 Å². The van der Waals surface area contributed by atoms with Crippen LogP contribution in [0.25, 0.3) is 0 Å². The SMILES string of the molecule is COC(=O)c1ccc(CN2CCC(C(=O)c3ccc(Cl)c(Cl)c3)CC2)cc1. The van der Waals surface area contributed by atoms with Crippen LogP contribution in [0.1, 0.15) is 39.1 Å². The van der Waals surface area contributed by atoms with Crippen molar-refractivity contribution >= 4 is 35.0 Å². The number of methoxy groups -OCH3 is 1. The Morgan fingerprint density at radius 3 is 2.22 bits per heavy atom. The summed E-state index contributed by atoms with van der Waals surface area (Å²) in [4.78, 5) is 26.5. The Balaban J connectivity index is 1.54. The molecule has 0 saturated carbocycles. The first kappa shape index (κ1) is 19.9. The summed E-state index contributed by atoms with van der Waals surface area (Å²) in [5, 5.41) is 0.872. The second-order valence-electron chi connectivity index (χ2n) is 6.73. The number of ether oxygens (including phenoxy) is 1. The van der Waals surface area contributed by atoms with Crippen molar-refractivity contribution in [2.24, 2.45) is 5.92 Å². The van der Waals surface area contributed by atoms with Crippen LogP contribution in [0.2, 0.25) is 10.0 Å². The number of esters is 1. The summed E-state index contributed by atoms with van der Waals surface area (Å²) in [5.74, 6) is -0.181. The molecule has 27 heavy (non-hydrogen) atoms. The second kappa shape index (κ2) is 8.87. The smallest absolute Gasteiger partial charge is 0.337 e. The maximum absolute atomic E-state index is 12.7. The molecular formula is C21H21Cl2NO3. The monoisotopic (exact) mass is 405 g/mol. The van der Waals surface area contributed by atoms with Crippen LogP contribution >= 0.6 is 23.2 Å². The number of carbonyl (C=O) groups is 2. The summed E-state index contributed by atoms with van der Waals surface area (Å²) in [5.41, 5.74) is 2.31. The van der Waals surface area contributed by atoms with E-state index in [1.165, 1.54) is 7.11 Å². The van der Waals surface area contributed by atoms with Crippen molar-refractivity contribution < 1.29 is 14.3 Å². The average Bonchev–Trinajstić information content (AvgIpc) is 2.70. The van der Waals surface area contributed by atoms with Crippen molar-refractivity contribution in [1.29, 1.82) is 0 Å². The molecule has 2 aromatic carbocycles. The van der Waals surface area contributed by atoms with Crippen LogP contribution in [0.4, 0.5) is 0 Å². The van der Waals surface area contributed by atoms with Crippen molar-refractivity contribution in [3.05, 3.63) is 69.2 Å². The molecule has 142 valence electrons. The molecule has 0 unspecified atom stereocenters. The lowest BCUT2D eigenvalue weighted by Crippen LogP contribution is -2.36. The molecule has 6 heteroatoms. The summed E-state index contributed by atoms with van der Waals surface area (Å²) < 4.78 is 4.71. The van der Waals surface area contributed by atoms with Crippen LogP contribution in [-0.4, -0.2) is 36.9 Å². The predicted molar refractivity (Wildman–Crippen MR) is 107 cm³/mol. The van der Waals surface area contributed by atoms with Gasteiger partial charge in [-0.3, -0.25) is 9.69 Å². The number of halogens is 2. The molecule has 1 heterocycles. The number of Topliss-reactive ketones (excluding diaryl/α,β-unsaturated/α-hetero) is 1. The van der Waals surface area contributed by atoms with Gasteiger partial charge in [-0.2, -0.15) is 0 Å². The number of carbonyl (C=O) groups excluding carboxylic acids is 2. The first-order chi connectivity index (χ1) is 13.0. The summed E-state index contributed by atoms with van der Waals surface area (Å²) in [6.45, 7) is 2.52. The molecule has 0 amide bonds. The molecule has 1 aliphatic heterocycles. The zero-order valence-electron chi connectivity index (χ0n) is 15.1. The molecule has 1 aliphatic rings. The van der Waals surface area contributed by atoms with Gasteiger partial charge >= 0.3 is 5.97 Å². The fourth-order valence-electron chi connectivity index (χ4n) is 3.36. The first-order valence-electron chi connectivity index (χ1n) is 8.87. The van der Waals surface area contributed by atoms with Crippen LogP contribution in [0, 0.1) is 5.92 Å². The molecule has 3 rings (SSSR count). The van der Waals surface area contributed by atoms with Crippen molar-refractivity contribution in [3.8, 4) is 0 Å². The molecule has 0 aliphatic carbocycles. The normalized spacial score (nSPS) is 15.5. The Morgan fingerprint density at radius 1 is 1.00 bits per heavy atom. The molecule has 0 radical (unpaired) electrons. The summed E-state index contributed by atoms with van der Waals surface area (Å²) in [6.07, 6.45) is 1.64. The van der Waals surface area contributed by atoms with Gasteiger partial charge in [0.2, 0.25) is 0 Å². The minimum Gasteiger partial charge on any atom is -0.465 e. The molecule has 0 aromatic heterocycles. The van der Waals surface area contributed by atoms with Gasteiger partial charge in [-0.1, -0.05) is 35.3 Å². The number of benzene rings is 2. The Hall–Kier alpha value is -1.88. The van der Waals surface area contributed by atoms with E-state index in [-0.39, 0.29) is 17.7 Å². The van der Waals surface area contributed by atoms with E-state index < -0.39 is 0 Å². The lowest BCUT2D eigenvalue weighted by Gasteiger charge is -2.31. The lowest BCUT2D eigenvalue weighted by molar-refractivity contribution is 0.0600. The van der Waals surface area contributed by atoms with Crippen LogP contribution in [0.5, 0.6) is 0 Å². The number of rotatable bonds is 5. The highest BCUT2D eigenvalue weighted by Crippen LogP contribution is 2.27. The van der Waals surface area contributed by atoms with Gasteiger partial charge in [0.1, 0.15) is 0 Å². The molecule has 4 nitrogen and oxygen atoms in total. The molecule has 2 aromatic rings. The van der Waals surface area contributed by atoms with Gasteiger partial charge < -0.3 is 4.74 Å². The molecule has 0 N–H and O–H groups in total. The van der Waals surface area contributed by atoms with E-state index >= 15 is 0 Å². The zero-order chi connectivity index (χ0) is 19.4. The highest BCUT2D eigenvalue weighted by molar-refractivity contribution is 6.42. The van der Waals surface area contributed by atoms with Crippen LogP contribution in [-0.2, 0) is 11.3 Å². The van der Waals surface area contributed by atoms with E-state index in [9.17, 15) is 9.59 Å². The van der Waals surface area contributed by atoms with Crippen LogP contribution in [0.3, 0.4) is 0 Å². The quantitative estimate of drug-likeness (QED) is 0.525. The van der Waals surface area contributed by atoms with Crippen molar-refractivity contribution in [2.45, 2.75) is 19.4 Å². The van der Waals surface area contributed by atoms with Crippen molar-refractivity contribution in [1.82, 2.24) is 4.90 Å². The van der Waals surface area contributed by atoms with Gasteiger partial charge in [0.05, 0.1) is 22.7 Å². The Morgan fingerprint density at radius 2 is 1.63 bits per heavy atom. The van der Waals surface area contributed by atoms with E-state index in [0.29, 0.717) is 21.2 Å². The van der Waals surface area contributed by atoms with Gasteiger partial charge in [-0.15, -0.1) is 0 Å². The fourth-order valence-corrected chi connectivity index (χ4v) is 3.66. The van der Waals surface area contributed by atoms with Crippen molar-refractivity contribution in [3.63, 3.8) is 0 Å². The van der Waals surface area contributed by atoms with Gasteiger partial charge in [0.15, 0.2) is 5.78 Å². The number of piperidine rings is 1. The first-order valence-corrected chi connectivity index (χ1v) is 9.62. The molecule has 0 atom stereocenters. The molecule has 0 bridgehead atoms. The van der Waals surface area contributed by atoms with Gasteiger partial charge in [0, 0.05) is 18.0 Å². The Kier molecular flexibility index (Phi) is 6.53. The molecule has 1 saturated heterocycles. The third-order valence-corrected chi connectivity index (χ3v) is 5.68. The number of hydrogen-bond donors (Lipinski definition) is 0. The fraction of sp³-hybridized carbons (Fsp3) is 0.333. The van der Waals surface area contributed by atoms with Crippen molar-refractivity contribution in [2.75, 3.05) is 20.2 Å². The maximum Gasteiger partial charge on any atom is 0.337 e. The zero-order valence-corrected chi connectivity index (χ0v) is 16.6. The summed E-state index contributed by atoms with van der Waals surface area (Å²) >= 11 is 12.0. The van der Waals surface area contributed by atoms with Gasteiger partial charge in [0.25, 0.3) is 0 Å². The highest BCUT2D eigenvalue weighted by Gasteiger charge is 2.26. The standard InChI is InChI=1S/C21H21Cl2NO3/c1-27-21(26)16-4-2-14(3-5-16)13-24-10-8-15(9-11-24)20(25)17-6-7-18(22)19(23)12-17/h2-7,12,15H,8-11,13H2,1H3. The summed E-state index contributed by atoms with van der Waals surface area (Å²) in [7, 11) is 1.37. The van der Waals surface area contributed by atoms with E-state index in [1.807, 2.05) is 12.1 Å². The Bertz CT molecular complexity index is 828. The number of ketones is 1. The van der Waals surface area contributed by atoms with Crippen LogP contribution < -0.4 is 0 Å². The average molecular weight is 406 g/mol. The third-order valence-electron chi connectivity index (χ3n) is 4.94. The number of hydrogen-bond acceptors (Lipinski definition) is 4. The molecule has 0 spiro atoms. The van der Waals surface area contributed by atoms with E-state index in [1.54, 1.807) is 30.3 Å². The van der Waals surface area contributed by atoms with Crippen LogP contribution in [0.15, 0.2) is 42.5 Å². The highest BCUT2D eigenvalue weighted by atomic mass is 35.5. The van der Waals surface area contributed by atoms with Gasteiger partial charge in [-0.25, -0.2) is 4.79 Å². The summed E-state index contributed by atoms with van der Waals surface area (Å²) in [6, 6.07) is 12.5. The molecule has 1 fully saturated rings. The van der Waals surface area contributed by atoms with E-state index in [0.717, 1.165) is 38.0 Å². The minimum absolute atomic E-state index is 0.0141. The number of nitrogens with zero attached hydrogens (tertiary/aromatic N) is 1. The minimum atomic E-state index is -0.330. The molecular weight excluding hydrogens is 385 g/mol. The largest absolute Gasteiger partial charge is 0.465 e. The third kappa shape index (κ3) is 4.89. The van der Waals surface area contributed by atoms with E-state index in [2.05, 4.69) is 4.90 Å². The number of likely N-dealkylation sites (tertiary alicyclic amines) is 1. The second-order valence-corrected chi connectivity index (χ2v) is 7.55. The van der Waals surface area contributed by atoms with E-state index in [4.69, 9.17) is 27.9 Å². The maximum atomic E-state index is 12.7. The Labute approximate surface area is 169 Å².